The summed E-state index contributed by atoms with van der Waals surface area (Å²) in [5.41, 5.74) is 1.17. The van der Waals surface area contributed by atoms with Gasteiger partial charge in [-0.05, 0) is 29.8 Å². The average molecular weight is 381 g/mol. The van der Waals surface area contributed by atoms with Crippen molar-refractivity contribution in [1.29, 1.82) is 0 Å². The highest BCUT2D eigenvalue weighted by molar-refractivity contribution is 9.10. The predicted octanol–water partition coefficient (Wildman–Crippen LogP) is 3.83. The van der Waals surface area contributed by atoms with Crippen LogP contribution >= 0.6 is 15.9 Å². The van der Waals surface area contributed by atoms with Crippen LogP contribution in [0.2, 0.25) is 0 Å². The Morgan fingerprint density at radius 1 is 0.913 bits per heavy atom. The summed E-state index contributed by atoms with van der Waals surface area (Å²) in [5, 5.41) is 0. The van der Waals surface area contributed by atoms with Gasteiger partial charge in [0.1, 0.15) is 12.2 Å². The Kier molecular flexibility index (Phi) is 5.87. The summed E-state index contributed by atoms with van der Waals surface area (Å²) >= 11 is 3.36. The number of rotatable bonds is 6. The van der Waals surface area contributed by atoms with Crippen LogP contribution in [-0.2, 0) is 11.3 Å². The Morgan fingerprint density at radius 2 is 1.57 bits per heavy atom. The molecule has 2 aromatic rings. The molecular formula is C17H17BrO5. The molecule has 0 saturated carbocycles. The van der Waals surface area contributed by atoms with Crippen molar-refractivity contribution in [2.24, 2.45) is 0 Å². The molecule has 0 atom stereocenters. The van der Waals surface area contributed by atoms with E-state index in [1.165, 1.54) is 21.3 Å². The van der Waals surface area contributed by atoms with E-state index >= 15 is 0 Å². The maximum absolute atomic E-state index is 12.3. The lowest BCUT2D eigenvalue weighted by molar-refractivity contribution is 0.0468. The Hall–Kier alpha value is -2.21. The number of methoxy groups -OCH3 is 3. The van der Waals surface area contributed by atoms with Gasteiger partial charge in [-0.1, -0.05) is 28.1 Å². The highest BCUT2D eigenvalue weighted by atomic mass is 79.9. The number of carbonyl (C=O) groups excluding carboxylic acids is 1. The maximum Gasteiger partial charge on any atom is 0.342 e. The van der Waals surface area contributed by atoms with Gasteiger partial charge in [0.15, 0.2) is 11.5 Å². The summed E-state index contributed by atoms with van der Waals surface area (Å²) in [5.74, 6) is 0.625. The maximum atomic E-state index is 12.3. The van der Waals surface area contributed by atoms with Crippen molar-refractivity contribution < 1.29 is 23.7 Å². The second-order valence-electron chi connectivity index (χ2n) is 4.58. The monoisotopic (exact) mass is 380 g/mol. The molecule has 122 valence electrons. The Labute approximate surface area is 143 Å². The zero-order valence-electron chi connectivity index (χ0n) is 13.1. The predicted molar refractivity (Wildman–Crippen MR) is 89.4 cm³/mol. The fourth-order valence-electron chi connectivity index (χ4n) is 2.07. The summed E-state index contributed by atoms with van der Waals surface area (Å²) in [4.78, 5) is 12.3. The van der Waals surface area contributed by atoms with Crippen LogP contribution in [0, 0.1) is 0 Å². The largest absolute Gasteiger partial charge is 0.493 e. The van der Waals surface area contributed by atoms with Gasteiger partial charge in [0.25, 0.3) is 0 Å². The van der Waals surface area contributed by atoms with Crippen LogP contribution in [0.3, 0.4) is 0 Å². The fourth-order valence-corrected chi connectivity index (χ4v) is 2.33. The van der Waals surface area contributed by atoms with Gasteiger partial charge in [0.05, 0.1) is 21.3 Å². The summed E-state index contributed by atoms with van der Waals surface area (Å²) in [6, 6.07) is 10.8. The van der Waals surface area contributed by atoms with E-state index in [1.807, 2.05) is 24.3 Å². The molecule has 0 unspecified atom stereocenters. The number of carbonyl (C=O) groups is 1. The molecule has 0 aliphatic heterocycles. The minimum atomic E-state index is -0.495. The third kappa shape index (κ3) is 3.96. The first-order chi connectivity index (χ1) is 11.1. The van der Waals surface area contributed by atoms with Gasteiger partial charge >= 0.3 is 5.97 Å². The molecule has 5 nitrogen and oxygen atoms in total. The van der Waals surface area contributed by atoms with Crippen molar-refractivity contribution in [3.05, 3.63) is 52.0 Å². The Morgan fingerprint density at radius 3 is 2.13 bits per heavy atom. The second-order valence-corrected chi connectivity index (χ2v) is 5.50. The van der Waals surface area contributed by atoms with Crippen LogP contribution in [0.15, 0.2) is 40.9 Å². The summed E-state index contributed by atoms with van der Waals surface area (Å²) in [6.45, 7) is 0.170. The molecule has 6 heteroatoms. The van der Waals surface area contributed by atoms with Crippen LogP contribution in [0.4, 0.5) is 0 Å². The number of hydrogen-bond acceptors (Lipinski definition) is 5. The lowest BCUT2D eigenvalue weighted by Gasteiger charge is -2.15. The van der Waals surface area contributed by atoms with E-state index in [2.05, 4.69) is 15.9 Å². The standard InChI is InChI=1S/C17H17BrO5/c1-20-14-9-8-13(15(21-2)16(14)22-3)17(19)23-10-11-4-6-12(18)7-5-11/h4-9H,10H2,1-3H3. The third-order valence-corrected chi connectivity index (χ3v) is 3.74. The van der Waals surface area contributed by atoms with Crippen LogP contribution < -0.4 is 14.2 Å². The molecule has 2 aromatic carbocycles. The quantitative estimate of drug-likeness (QED) is 0.712. The first kappa shape index (κ1) is 17.1. The van der Waals surface area contributed by atoms with Gasteiger partial charge in [-0.25, -0.2) is 4.79 Å². The van der Waals surface area contributed by atoms with E-state index in [-0.39, 0.29) is 17.9 Å². The van der Waals surface area contributed by atoms with Gasteiger partial charge < -0.3 is 18.9 Å². The molecule has 0 fully saturated rings. The smallest absolute Gasteiger partial charge is 0.342 e. The van der Waals surface area contributed by atoms with E-state index in [1.54, 1.807) is 12.1 Å². The minimum Gasteiger partial charge on any atom is -0.493 e. The topological polar surface area (TPSA) is 54.0 Å². The minimum absolute atomic E-state index is 0.170. The van der Waals surface area contributed by atoms with E-state index in [4.69, 9.17) is 18.9 Å². The van der Waals surface area contributed by atoms with Crippen molar-refractivity contribution in [2.45, 2.75) is 6.61 Å². The molecule has 0 radical (unpaired) electrons. The van der Waals surface area contributed by atoms with Gasteiger partial charge in [-0.3, -0.25) is 0 Å². The number of hydrogen-bond donors (Lipinski definition) is 0. The highest BCUT2D eigenvalue weighted by Gasteiger charge is 2.21. The molecule has 0 saturated heterocycles. The van der Waals surface area contributed by atoms with E-state index in [0.29, 0.717) is 11.5 Å². The molecule has 0 N–H and O–H groups in total. The molecule has 2 rings (SSSR count). The number of halogens is 1. The van der Waals surface area contributed by atoms with Crippen LogP contribution in [-0.4, -0.2) is 27.3 Å². The molecule has 0 spiro atoms. The number of esters is 1. The van der Waals surface area contributed by atoms with Gasteiger partial charge in [-0.2, -0.15) is 0 Å². The molecule has 0 aromatic heterocycles. The van der Waals surface area contributed by atoms with Crippen molar-refractivity contribution >= 4 is 21.9 Å². The Bertz CT molecular complexity index is 682. The normalized spacial score (nSPS) is 10.1. The van der Waals surface area contributed by atoms with Gasteiger partial charge in [0.2, 0.25) is 5.75 Å². The summed E-state index contributed by atoms with van der Waals surface area (Å²) in [6.07, 6.45) is 0. The molecule has 23 heavy (non-hydrogen) atoms. The van der Waals surface area contributed by atoms with Gasteiger partial charge in [-0.15, -0.1) is 0 Å². The van der Waals surface area contributed by atoms with E-state index in [9.17, 15) is 4.79 Å². The van der Waals surface area contributed by atoms with Crippen molar-refractivity contribution in [3.8, 4) is 17.2 Å². The fraction of sp³-hybridized carbons (Fsp3) is 0.235. The van der Waals surface area contributed by atoms with Crippen LogP contribution in [0.5, 0.6) is 17.2 Å². The lowest BCUT2D eigenvalue weighted by Crippen LogP contribution is -2.08. The zero-order valence-corrected chi connectivity index (χ0v) is 14.7. The lowest BCUT2D eigenvalue weighted by atomic mass is 10.1. The van der Waals surface area contributed by atoms with Crippen molar-refractivity contribution in [1.82, 2.24) is 0 Å². The first-order valence-corrected chi connectivity index (χ1v) is 7.60. The molecule has 0 bridgehead atoms. The summed E-state index contributed by atoms with van der Waals surface area (Å²) < 4.78 is 22.0. The molecular weight excluding hydrogens is 364 g/mol. The second kappa shape index (κ2) is 7.87. The van der Waals surface area contributed by atoms with Crippen molar-refractivity contribution in [2.75, 3.05) is 21.3 Å². The summed E-state index contributed by atoms with van der Waals surface area (Å²) in [7, 11) is 4.46. The number of benzene rings is 2. The van der Waals surface area contributed by atoms with Crippen molar-refractivity contribution in [3.63, 3.8) is 0 Å². The van der Waals surface area contributed by atoms with Crippen LogP contribution in [0.1, 0.15) is 15.9 Å². The van der Waals surface area contributed by atoms with E-state index in [0.717, 1.165) is 10.0 Å². The number of ether oxygens (including phenoxy) is 4. The molecule has 0 aliphatic carbocycles. The van der Waals surface area contributed by atoms with E-state index < -0.39 is 5.97 Å². The third-order valence-electron chi connectivity index (χ3n) is 3.21. The average Bonchev–Trinajstić information content (AvgIpc) is 2.59. The highest BCUT2D eigenvalue weighted by Crippen LogP contribution is 2.40. The zero-order chi connectivity index (χ0) is 16.8. The Balaban J connectivity index is 2.20. The SMILES string of the molecule is COc1ccc(C(=O)OCc2ccc(Br)cc2)c(OC)c1OC. The van der Waals surface area contributed by atoms with Crippen LogP contribution in [0.25, 0.3) is 0 Å². The molecule has 0 aliphatic rings. The van der Waals surface area contributed by atoms with Gasteiger partial charge in [0, 0.05) is 4.47 Å². The molecule has 0 heterocycles. The first-order valence-electron chi connectivity index (χ1n) is 6.81. The molecule has 0 amide bonds.